The Kier molecular flexibility index (Phi) is 12.9. The summed E-state index contributed by atoms with van der Waals surface area (Å²) in [5, 5.41) is 9.78. The maximum Gasteiger partial charge on any atom is 0.161 e. The zero-order valence-electron chi connectivity index (χ0n) is 17.3. The topological polar surface area (TPSA) is 47.9 Å². The van der Waals surface area contributed by atoms with E-state index >= 15 is 0 Å². The number of hydrogen-bond donors (Lipinski definition) is 1. The van der Waals surface area contributed by atoms with Crippen LogP contribution in [-0.4, -0.2) is 35.8 Å². The van der Waals surface area contributed by atoms with Crippen LogP contribution in [0.2, 0.25) is 0 Å². The van der Waals surface area contributed by atoms with Gasteiger partial charge in [0.25, 0.3) is 0 Å². The zero-order chi connectivity index (χ0) is 19.4. The van der Waals surface area contributed by atoms with Crippen molar-refractivity contribution in [1.29, 1.82) is 0 Å². The molecule has 0 aromatic rings. The smallest absolute Gasteiger partial charge is 0.161 e. The number of hydrogen-bond acceptors (Lipinski definition) is 4. The molecule has 1 rings (SSSR count). The van der Waals surface area contributed by atoms with Crippen molar-refractivity contribution in [1.82, 2.24) is 0 Å². The van der Waals surface area contributed by atoms with Gasteiger partial charge in [-0.15, -0.1) is 0 Å². The maximum atomic E-state index is 9.78. The molecule has 0 amide bonds. The third-order valence-electron chi connectivity index (χ3n) is 3.77. The lowest BCUT2D eigenvalue weighted by Gasteiger charge is -2.37. The molecule has 1 aliphatic rings. The van der Waals surface area contributed by atoms with E-state index in [9.17, 15) is 5.11 Å². The molecule has 1 fully saturated rings. The normalized spacial score (nSPS) is 27.7. The Labute approximate surface area is 155 Å². The fourth-order valence-electron chi connectivity index (χ4n) is 2.47. The van der Waals surface area contributed by atoms with Crippen molar-refractivity contribution in [2.45, 2.75) is 105 Å². The summed E-state index contributed by atoms with van der Waals surface area (Å²) in [6.45, 7) is 18.1. The second kappa shape index (κ2) is 13.4. The maximum absolute atomic E-state index is 9.78. The predicted molar refractivity (Wildman–Crippen MR) is 104 cm³/mol. The standard InChI is InChI=1S/C18H32O4.C3H8/c1-12(2)20-14(4)9-7-8-10-15(5)21-18-13(3)11-17(19)16(6)22-18;1-3-2/h7,9,12-13,15-19H,4,8,10-11H2,1-3,5-6H3;3H2,1-2H3/b9-7+;/t13-,15-,16+,17?,18?;/m1./s1. The van der Waals surface area contributed by atoms with Crippen molar-refractivity contribution in [3.05, 3.63) is 24.5 Å². The summed E-state index contributed by atoms with van der Waals surface area (Å²) in [5.74, 6) is 0.902. The van der Waals surface area contributed by atoms with E-state index in [0.29, 0.717) is 5.76 Å². The highest BCUT2D eigenvalue weighted by atomic mass is 16.7. The van der Waals surface area contributed by atoms with Gasteiger partial charge in [-0.2, -0.15) is 0 Å². The molecule has 4 heteroatoms. The molecule has 4 nitrogen and oxygen atoms in total. The molecule has 1 saturated heterocycles. The Bertz CT molecular complexity index is 378. The van der Waals surface area contributed by atoms with Crippen LogP contribution in [0.1, 0.15) is 74.1 Å². The Balaban J connectivity index is 0.00000178. The molecule has 0 bridgehead atoms. The van der Waals surface area contributed by atoms with E-state index in [2.05, 4.69) is 40.3 Å². The lowest BCUT2D eigenvalue weighted by Crippen LogP contribution is -2.44. The van der Waals surface area contributed by atoms with Gasteiger partial charge in [0.15, 0.2) is 6.29 Å². The van der Waals surface area contributed by atoms with Crippen LogP contribution >= 0.6 is 0 Å². The van der Waals surface area contributed by atoms with Crippen LogP contribution in [0, 0.1) is 5.92 Å². The van der Waals surface area contributed by atoms with Gasteiger partial charge in [0, 0.05) is 5.92 Å². The summed E-state index contributed by atoms with van der Waals surface area (Å²) in [7, 11) is 0. The number of ether oxygens (including phenoxy) is 3. The van der Waals surface area contributed by atoms with Gasteiger partial charge in [-0.1, -0.05) is 39.8 Å². The minimum atomic E-state index is -0.389. The molecule has 1 N–H and O–H groups in total. The van der Waals surface area contributed by atoms with Crippen LogP contribution < -0.4 is 0 Å². The molecule has 2 unspecified atom stereocenters. The summed E-state index contributed by atoms with van der Waals surface area (Å²) in [6, 6.07) is 0. The van der Waals surface area contributed by atoms with Crippen LogP contribution in [0.3, 0.4) is 0 Å². The molecule has 0 aliphatic carbocycles. The molecular weight excluding hydrogens is 316 g/mol. The average Bonchev–Trinajstić information content (AvgIpc) is 2.49. The summed E-state index contributed by atoms with van der Waals surface area (Å²) in [5.41, 5.74) is 0. The van der Waals surface area contributed by atoms with Crippen LogP contribution in [0.15, 0.2) is 24.5 Å². The van der Waals surface area contributed by atoms with Gasteiger partial charge in [0.1, 0.15) is 5.76 Å². The fraction of sp³-hybridized carbons (Fsp3) is 0.810. The van der Waals surface area contributed by atoms with Crippen molar-refractivity contribution < 1.29 is 19.3 Å². The number of aliphatic hydroxyl groups is 1. The highest BCUT2D eigenvalue weighted by Gasteiger charge is 2.33. The predicted octanol–water partition coefficient (Wildman–Crippen LogP) is 5.21. The first-order chi connectivity index (χ1) is 11.7. The quantitative estimate of drug-likeness (QED) is 0.479. The highest BCUT2D eigenvalue weighted by Crippen LogP contribution is 2.27. The Morgan fingerprint density at radius 3 is 2.44 bits per heavy atom. The van der Waals surface area contributed by atoms with Crippen molar-refractivity contribution in [2.24, 2.45) is 5.92 Å². The van der Waals surface area contributed by atoms with E-state index in [4.69, 9.17) is 14.2 Å². The summed E-state index contributed by atoms with van der Waals surface area (Å²) < 4.78 is 17.2. The van der Waals surface area contributed by atoms with Gasteiger partial charge >= 0.3 is 0 Å². The lowest BCUT2D eigenvalue weighted by molar-refractivity contribution is -0.255. The molecule has 25 heavy (non-hydrogen) atoms. The average molecular weight is 357 g/mol. The molecular formula is C21H40O4. The van der Waals surface area contributed by atoms with Gasteiger partial charge in [0.2, 0.25) is 0 Å². The molecule has 0 spiro atoms. The SMILES string of the molecule is C=C(/C=C/CC[C@@H](C)OC1O[C@@H](C)C(O)C[C@H]1C)OC(C)C.CCC. The van der Waals surface area contributed by atoms with Crippen LogP contribution in [0.5, 0.6) is 0 Å². The third kappa shape index (κ3) is 11.4. The third-order valence-corrected chi connectivity index (χ3v) is 3.77. The van der Waals surface area contributed by atoms with Gasteiger partial charge < -0.3 is 19.3 Å². The van der Waals surface area contributed by atoms with E-state index in [0.717, 1.165) is 19.3 Å². The molecule has 0 aromatic carbocycles. The summed E-state index contributed by atoms with van der Waals surface area (Å²) >= 11 is 0. The number of rotatable bonds is 8. The van der Waals surface area contributed by atoms with Crippen LogP contribution in [0.4, 0.5) is 0 Å². The Morgan fingerprint density at radius 2 is 1.88 bits per heavy atom. The molecule has 1 aliphatic heterocycles. The van der Waals surface area contributed by atoms with Crippen LogP contribution in [0.25, 0.3) is 0 Å². The van der Waals surface area contributed by atoms with Gasteiger partial charge in [-0.25, -0.2) is 0 Å². The van der Waals surface area contributed by atoms with E-state index in [1.807, 2.05) is 26.8 Å². The number of aliphatic hydroxyl groups excluding tert-OH is 1. The minimum Gasteiger partial charge on any atom is -0.492 e. The van der Waals surface area contributed by atoms with E-state index < -0.39 is 0 Å². The zero-order valence-corrected chi connectivity index (χ0v) is 17.3. The minimum absolute atomic E-state index is 0.110. The van der Waals surface area contributed by atoms with Gasteiger partial charge in [-0.3, -0.25) is 0 Å². The van der Waals surface area contributed by atoms with E-state index in [-0.39, 0.29) is 36.6 Å². The second-order valence-corrected chi connectivity index (χ2v) is 7.26. The van der Waals surface area contributed by atoms with E-state index in [1.165, 1.54) is 6.42 Å². The highest BCUT2D eigenvalue weighted by molar-refractivity contribution is 5.07. The Morgan fingerprint density at radius 1 is 1.28 bits per heavy atom. The monoisotopic (exact) mass is 356 g/mol. The van der Waals surface area contributed by atoms with Crippen molar-refractivity contribution >= 4 is 0 Å². The summed E-state index contributed by atoms with van der Waals surface area (Å²) in [4.78, 5) is 0. The molecule has 1 heterocycles. The van der Waals surface area contributed by atoms with Gasteiger partial charge in [-0.05, 0) is 53.0 Å². The molecule has 0 saturated carbocycles. The first kappa shape index (κ1) is 24.2. The second-order valence-electron chi connectivity index (χ2n) is 7.26. The molecule has 148 valence electrons. The lowest BCUT2D eigenvalue weighted by atomic mass is 9.96. The van der Waals surface area contributed by atoms with Gasteiger partial charge in [0.05, 0.1) is 24.4 Å². The van der Waals surface area contributed by atoms with Crippen molar-refractivity contribution in [3.8, 4) is 0 Å². The largest absolute Gasteiger partial charge is 0.492 e. The fourth-order valence-corrected chi connectivity index (χ4v) is 2.47. The van der Waals surface area contributed by atoms with E-state index in [1.54, 1.807) is 0 Å². The first-order valence-corrected chi connectivity index (χ1v) is 9.72. The van der Waals surface area contributed by atoms with Crippen molar-refractivity contribution in [3.63, 3.8) is 0 Å². The first-order valence-electron chi connectivity index (χ1n) is 9.72. The number of allylic oxidation sites excluding steroid dienone is 2. The van der Waals surface area contributed by atoms with Crippen LogP contribution in [-0.2, 0) is 14.2 Å². The van der Waals surface area contributed by atoms with Crippen molar-refractivity contribution in [2.75, 3.05) is 0 Å². The molecule has 0 radical (unpaired) electrons. The molecule has 0 aromatic heterocycles. The summed E-state index contributed by atoms with van der Waals surface area (Å²) in [6.07, 6.45) is 7.25. The Hall–Kier alpha value is -0.840. The molecule has 5 atom stereocenters.